The Bertz CT molecular complexity index is 423. The summed E-state index contributed by atoms with van der Waals surface area (Å²) in [5.74, 6) is 0. The van der Waals surface area contributed by atoms with Gasteiger partial charge in [0, 0.05) is 29.5 Å². The average molecular weight is 302 g/mol. The zero-order valence-electron chi connectivity index (χ0n) is 12.0. The first-order chi connectivity index (χ1) is 8.97. The maximum atomic E-state index is 6.12. The van der Waals surface area contributed by atoms with Crippen molar-refractivity contribution in [1.82, 2.24) is 9.80 Å². The van der Waals surface area contributed by atoms with Crippen molar-refractivity contribution < 1.29 is 0 Å². The lowest BCUT2D eigenvalue weighted by Gasteiger charge is -2.49. The molecule has 0 saturated carbocycles. The summed E-state index contributed by atoms with van der Waals surface area (Å²) in [4.78, 5) is 6.16. The van der Waals surface area contributed by atoms with Gasteiger partial charge in [0.15, 0.2) is 0 Å². The molecule has 1 aliphatic heterocycles. The van der Waals surface area contributed by atoms with Crippen molar-refractivity contribution in [3.05, 3.63) is 21.3 Å². The molecule has 1 aromatic heterocycles. The van der Waals surface area contributed by atoms with E-state index in [1.807, 2.05) is 6.07 Å². The van der Waals surface area contributed by atoms with Gasteiger partial charge in [-0.25, -0.2) is 0 Å². The van der Waals surface area contributed by atoms with Gasteiger partial charge in [-0.3, -0.25) is 4.90 Å². The molecule has 0 bridgehead atoms. The Morgan fingerprint density at radius 3 is 2.84 bits per heavy atom. The zero-order chi connectivity index (χ0) is 14.0. The molecule has 0 aromatic carbocycles. The van der Waals surface area contributed by atoms with Crippen LogP contribution in [0.4, 0.5) is 0 Å². The zero-order valence-corrected chi connectivity index (χ0v) is 13.6. The highest BCUT2D eigenvalue weighted by Crippen LogP contribution is 2.32. The van der Waals surface area contributed by atoms with Crippen LogP contribution in [0.2, 0.25) is 4.34 Å². The number of rotatable bonds is 4. The van der Waals surface area contributed by atoms with Gasteiger partial charge in [0.2, 0.25) is 0 Å². The summed E-state index contributed by atoms with van der Waals surface area (Å²) in [6.45, 7) is 5.07. The quantitative estimate of drug-likeness (QED) is 0.928. The number of likely N-dealkylation sites (tertiary alicyclic amines) is 1. The Morgan fingerprint density at radius 2 is 2.32 bits per heavy atom. The summed E-state index contributed by atoms with van der Waals surface area (Å²) in [6, 6.07) is 4.68. The Hall–Kier alpha value is -0.130. The molecular weight excluding hydrogens is 278 g/mol. The van der Waals surface area contributed by atoms with E-state index in [4.69, 9.17) is 17.3 Å². The third kappa shape index (κ3) is 3.31. The van der Waals surface area contributed by atoms with Crippen LogP contribution in [0.15, 0.2) is 12.1 Å². The molecule has 2 heterocycles. The van der Waals surface area contributed by atoms with Gasteiger partial charge in [0.05, 0.1) is 4.34 Å². The van der Waals surface area contributed by atoms with Gasteiger partial charge >= 0.3 is 0 Å². The Balaban J connectivity index is 2.08. The Morgan fingerprint density at radius 1 is 1.58 bits per heavy atom. The lowest BCUT2D eigenvalue weighted by atomic mass is 9.82. The second kappa shape index (κ2) is 6.10. The maximum absolute atomic E-state index is 6.12. The van der Waals surface area contributed by atoms with Crippen LogP contribution in [0.25, 0.3) is 0 Å². The summed E-state index contributed by atoms with van der Waals surface area (Å²) < 4.78 is 0.863. The van der Waals surface area contributed by atoms with Crippen LogP contribution >= 0.6 is 22.9 Å². The lowest BCUT2D eigenvalue weighted by molar-refractivity contribution is 0.0227. The SMILES string of the molecule is CC1CC(CN)(N(C)Cc2ccc(Cl)s2)CCN1C. The second-order valence-corrected chi connectivity index (χ2v) is 7.57. The van der Waals surface area contributed by atoms with Gasteiger partial charge in [-0.2, -0.15) is 0 Å². The molecule has 5 heteroatoms. The van der Waals surface area contributed by atoms with E-state index < -0.39 is 0 Å². The normalized spacial score (nSPS) is 29.1. The van der Waals surface area contributed by atoms with Crippen molar-refractivity contribution in [2.24, 2.45) is 5.73 Å². The Labute approximate surface area is 125 Å². The van der Waals surface area contributed by atoms with Gasteiger partial charge < -0.3 is 10.6 Å². The summed E-state index contributed by atoms with van der Waals surface area (Å²) in [7, 11) is 4.39. The van der Waals surface area contributed by atoms with Crippen LogP contribution in [0, 0.1) is 0 Å². The number of likely N-dealkylation sites (N-methyl/N-ethyl adjacent to an activating group) is 1. The monoisotopic (exact) mass is 301 g/mol. The predicted molar refractivity (Wildman–Crippen MR) is 83.9 cm³/mol. The smallest absolute Gasteiger partial charge is 0.0931 e. The summed E-state index contributed by atoms with van der Waals surface area (Å²) >= 11 is 7.67. The minimum Gasteiger partial charge on any atom is -0.329 e. The largest absolute Gasteiger partial charge is 0.329 e. The lowest BCUT2D eigenvalue weighted by Crippen LogP contribution is -2.59. The standard InChI is InChI=1S/C14H24ClN3S/c1-11-8-14(10-16,6-7-17(11)2)18(3)9-12-4-5-13(15)19-12/h4-5,11H,6-10,16H2,1-3H3. The van der Waals surface area contributed by atoms with E-state index >= 15 is 0 Å². The molecule has 0 radical (unpaired) electrons. The molecule has 2 rings (SSSR count). The first kappa shape index (κ1) is 15.3. The minimum absolute atomic E-state index is 0.127. The van der Waals surface area contributed by atoms with Gasteiger partial charge in [0.1, 0.15) is 0 Å². The summed E-state index contributed by atoms with van der Waals surface area (Å²) in [6.07, 6.45) is 2.27. The molecule has 1 aliphatic rings. The van der Waals surface area contributed by atoms with Crippen LogP contribution in [0.5, 0.6) is 0 Å². The van der Waals surface area contributed by atoms with E-state index in [1.165, 1.54) is 4.88 Å². The van der Waals surface area contributed by atoms with Crippen LogP contribution in [-0.2, 0) is 6.54 Å². The molecular formula is C14H24ClN3S. The number of piperidine rings is 1. The second-order valence-electron chi connectivity index (χ2n) is 5.77. The molecule has 3 nitrogen and oxygen atoms in total. The first-order valence-corrected chi connectivity index (χ1v) is 8.02. The van der Waals surface area contributed by atoms with Gasteiger partial charge in [-0.05, 0) is 52.5 Å². The van der Waals surface area contributed by atoms with Crippen molar-refractivity contribution in [3.63, 3.8) is 0 Å². The van der Waals surface area contributed by atoms with Crippen molar-refractivity contribution >= 4 is 22.9 Å². The third-order valence-electron chi connectivity index (χ3n) is 4.57. The number of hydrogen-bond donors (Lipinski definition) is 1. The van der Waals surface area contributed by atoms with Crippen molar-refractivity contribution in [2.45, 2.75) is 37.9 Å². The fraction of sp³-hybridized carbons (Fsp3) is 0.714. The maximum Gasteiger partial charge on any atom is 0.0931 e. The van der Waals surface area contributed by atoms with E-state index in [0.29, 0.717) is 6.04 Å². The molecule has 0 spiro atoms. The van der Waals surface area contributed by atoms with Crippen LogP contribution in [-0.4, -0.2) is 48.6 Å². The Kier molecular flexibility index (Phi) is 4.90. The molecule has 2 atom stereocenters. The number of thiophene rings is 1. The molecule has 19 heavy (non-hydrogen) atoms. The van der Waals surface area contributed by atoms with E-state index in [9.17, 15) is 0 Å². The van der Waals surface area contributed by atoms with Crippen LogP contribution < -0.4 is 5.73 Å². The third-order valence-corrected chi connectivity index (χ3v) is 5.79. The molecule has 108 valence electrons. The minimum atomic E-state index is 0.127. The highest BCUT2D eigenvalue weighted by Gasteiger charge is 2.39. The van der Waals surface area contributed by atoms with Crippen molar-refractivity contribution in [1.29, 1.82) is 0 Å². The molecule has 0 amide bonds. The highest BCUT2D eigenvalue weighted by molar-refractivity contribution is 7.16. The molecule has 2 N–H and O–H groups in total. The highest BCUT2D eigenvalue weighted by atomic mass is 35.5. The fourth-order valence-electron chi connectivity index (χ4n) is 2.94. The van der Waals surface area contributed by atoms with Gasteiger partial charge in [-0.1, -0.05) is 11.6 Å². The molecule has 1 fully saturated rings. The van der Waals surface area contributed by atoms with Gasteiger partial charge in [0.25, 0.3) is 0 Å². The first-order valence-electron chi connectivity index (χ1n) is 6.82. The van der Waals surface area contributed by atoms with Gasteiger partial charge in [-0.15, -0.1) is 11.3 Å². The number of nitrogens with zero attached hydrogens (tertiary/aromatic N) is 2. The number of halogens is 1. The van der Waals surface area contributed by atoms with Crippen molar-refractivity contribution in [3.8, 4) is 0 Å². The van der Waals surface area contributed by atoms with E-state index in [1.54, 1.807) is 11.3 Å². The molecule has 0 aliphatic carbocycles. The van der Waals surface area contributed by atoms with E-state index in [2.05, 4.69) is 36.9 Å². The topological polar surface area (TPSA) is 32.5 Å². The van der Waals surface area contributed by atoms with Crippen molar-refractivity contribution in [2.75, 3.05) is 27.2 Å². The predicted octanol–water partition coefficient (Wildman–Crippen LogP) is 2.64. The van der Waals surface area contributed by atoms with Crippen LogP contribution in [0.3, 0.4) is 0 Å². The average Bonchev–Trinajstić information content (AvgIpc) is 2.78. The number of hydrogen-bond acceptors (Lipinski definition) is 4. The fourth-order valence-corrected chi connectivity index (χ4v) is 4.08. The molecule has 1 saturated heterocycles. The van der Waals surface area contributed by atoms with Crippen LogP contribution in [0.1, 0.15) is 24.6 Å². The molecule has 1 aromatic rings. The summed E-state index contributed by atoms with van der Waals surface area (Å²) in [5.41, 5.74) is 6.25. The van der Waals surface area contributed by atoms with E-state index in [0.717, 1.165) is 36.8 Å². The molecule has 2 unspecified atom stereocenters. The van der Waals surface area contributed by atoms with E-state index in [-0.39, 0.29) is 5.54 Å². The number of nitrogens with two attached hydrogens (primary N) is 1. The summed E-state index contributed by atoms with van der Waals surface area (Å²) in [5, 5.41) is 0.